The fourth-order valence-corrected chi connectivity index (χ4v) is 2.64. The third kappa shape index (κ3) is 3.75. The highest BCUT2D eigenvalue weighted by Crippen LogP contribution is 2.25. The van der Waals surface area contributed by atoms with Crippen molar-refractivity contribution in [2.75, 3.05) is 11.9 Å². The molecule has 1 aromatic rings. The molecule has 1 N–H and O–H groups in total. The first-order valence-electron chi connectivity index (χ1n) is 7.75. The van der Waals surface area contributed by atoms with Crippen LogP contribution in [0.5, 0.6) is 0 Å². The normalized spacial score (nSPS) is 18.2. The van der Waals surface area contributed by atoms with E-state index in [9.17, 15) is 4.79 Å². The minimum Gasteiger partial charge on any atom is -0.464 e. The maximum atomic E-state index is 12.1. The second-order valence-corrected chi connectivity index (χ2v) is 5.60. The van der Waals surface area contributed by atoms with Crippen LogP contribution in [0.15, 0.2) is 24.3 Å². The van der Waals surface area contributed by atoms with E-state index in [1.165, 1.54) is 18.4 Å². The minimum absolute atomic E-state index is 0.115. The highest BCUT2D eigenvalue weighted by molar-refractivity contribution is 5.82. The van der Waals surface area contributed by atoms with E-state index in [4.69, 9.17) is 4.74 Å². The molecule has 2 atom stereocenters. The number of benzene rings is 1. The molecule has 0 amide bonds. The van der Waals surface area contributed by atoms with E-state index in [0.29, 0.717) is 12.5 Å². The first kappa shape index (κ1) is 14.9. The molecule has 0 aromatic heterocycles. The zero-order valence-corrected chi connectivity index (χ0v) is 12.5. The lowest BCUT2D eigenvalue weighted by atomic mass is 10.0. The number of hydrogen-bond acceptors (Lipinski definition) is 3. The number of rotatable bonds is 7. The summed E-state index contributed by atoms with van der Waals surface area (Å²) in [6.07, 6.45) is 5.37. The highest BCUT2D eigenvalue weighted by atomic mass is 16.5. The van der Waals surface area contributed by atoms with Crippen LogP contribution in [0.4, 0.5) is 5.69 Å². The van der Waals surface area contributed by atoms with Crippen LogP contribution in [0, 0.1) is 5.92 Å². The zero-order valence-electron chi connectivity index (χ0n) is 12.5. The Morgan fingerprint density at radius 3 is 2.90 bits per heavy atom. The zero-order chi connectivity index (χ0) is 14.4. The highest BCUT2D eigenvalue weighted by Gasteiger charge is 2.27. The molecular weight excluding hydrogens is 250 g/mol. The summed E-state index contributed by atoms with van der Waals surface area (Å²) in [6.45, 7) is 4.92. The Hall–Kier alpha value is -1.51. The van der Waals surface area contributed by atoms with Crippen LogP contribution in [0.25, 0.3) is 0 Å². The fraction of sp³-hybridized carbons (Fsp3) is 0.588. The van der Waals surface area contributed by atoms with Crippen LogP contribution >= 0.6 is 0 Å². The quantitative estimate of drug-likeness (QED) is 0.770. The lowest BCUT2D eigenvalue weighted by Gasteiger charge is -2.17. The minimum atomic E-state index is -0.212. The van der Waals surface area contributed by atoms with Crippen molar-refractivity contribution in [3.05, 3.63) is 29.8 Å². The summed E-state index contributed by atoms with van der Waals surface area (Å²) in [6, 6.07) is 7.85. The summed E-state index contributed by atoms with van der Waals surface area (Å²) in [5, 5.41) is 3.24. The molecule has 0 saturated heterocycles. The van der Waals surface area contributed by atoms with Gasteiger partial charge in [-0.3, -0.25) is 0 Å². The molecule has 2 rings (SSSR count). The van der Waals surface area contributed by atoms with Gasteiger partial charge in [0.2, 0.25) is 0 Å². The number of anilines is 1. The molecule has 0 radical (unpaired) electrons. The Morgan fingerprint density at radius 2 is 2.20 bits per heavy atom. The number of ether oxygens (including phenoxy) is 1. The molecule has 1 unspecified atom stereocenters. The van der Waals surface area contributed by atoms with Crippen molar-refractivity contribution in [2.24, 2.45) is 5.92 Å². The predicted molar refractivity (Wildman–Crippen MR) is 81.8 cm³/mol. The maximum Gasteiger partial charge on any atom is 0.328 e. The Morgan fingerprint density at radius 1 is 1.40 bits per heavy atom. The van der Waals surface area contributed by atoms with E-state index in [1.807, 2.05) is 18.2 Å². The molecule has 3 nitrogen and oxygen atoms in total. The first-order valence-corrected chi connectivity index (χ1v) is 7.75. The second kappa shape index (κ2) is 7.32. The van der Waals surface area contributed by atoms with Gasteiger partial charge in [0, 0.05) is 12.1 Å². The third-order valence-corrected chi connectivity index (χ3v) is 4.06. The van der Waals surface area contributed by atoms with Crippen LogP contribution < -0.4 is 5.32 Å². The van der Waals surface area contributed by atoms with Gasteiger partial charge in [-0.1, -0.05) is 51.3 Å². The topological polar surface area (TPSA) is 38.3 Å². The van der Waals surface area contributed by atoms with Crippen molar-refractivity contribution >= 4 is 11.7 Å². The van der Waals surface area contributed by atoms with Gasteiger partial charge in [-0.25, -0.2) is 4.79 Å². The van der Waals surface area contributed by atoms with Gasteiger partial charge < -0.3 is 10.1 Å². The number of hydrogen-bond donors (Lipinski definition) is 1. The Balaban J connectivity index is 1.79. The van der Waals surface area contributed by atoms with E-state index in [0.717, 1.165) is 24.9 Å². The van der Waals surface area contributed by atoms with Crippen molar-refractivity contribution in [1.29, 1.82) is 0 Å². The lowest BCUT2D eigenvalue weighted by Crippen LogP contribution is -2.30. The molecule has 1 aromatic carbocycles. The number of para-hydroxylation sites is 1. The lowest BCUT2D eigenvalue weighted by molar-refractivity contribution is -0.145. The number of nitrogens with one attached hydrogen (secondary N) is 1. The van der Waals surface area contributed by atoms with Crippen molar-refractivity contribution in [3.8, 4) is 0 Å². The summed E-state index contributed by atoms with van der Waals surface area (Å²) in [4.78, 5) is 12.1. The molecule has 1 aliphatic rings. The van der Waals surface area contributed by atoms with Crippen molar-refractivity contribution < 1.29 is 9.53 Å². The summed E-state index contributed by atoms with van der Waals surface area (Å²) in [5.41, 5.74) is 2.26. The molecule has 0 aliphatic carbocycles. The summed E-state index contributed by atoms with van der Waals surface area (Å²) >= 11 is 0. The van der Waals surface area contributed by atoms with Crippen LogP contribution in [0.3, 0.4) is 0 Å². The van der Waals surface area contributed by atoms with Crippen LogP contribution in [-0.2, 0) is 16.0 Å². The average molecular weight is 275 g/mol. The fourth-order valence-electron chi connectivity index (χ4n) is 2.64. The van der Waals surface area contributed by atoms with Gasteiger partial charge in [0.15, 0.2) is 0 Å². The molecule has 0 saturated carbocycles. The molecule has 0 bridgehead atoms. The Labute approximate surface area is 121 Å². The van der Waals surface area contributed by atoms with Gasteiger partial charge in [-0.2, -0.15) is 0 Å². The van der Waals surface area contributed by atoms with E-state index in [-0.39, 0.29) is 12.0 Å². The molecule has 1 heterocycles. The van der Waals surface area contributed by atoms with E-state index in [2.05, 4.69) is 25.2 Å². The molecule has 0 spiro atoms. The standard InChI is InChI=1S/C17H25NO2/c1-3-5-8-13(4-2)12-20-17(19)16-11-14-9-6-7-10-15(14)18-16/h6-7,9-10,13,16,18H,3-5,8,11-12H2,1-2H3/t13?,16-/m0/s1. The van der Waals surface area contributed by atoms with Crippen LogP contribution in [0.2, 0.25) is 0 Å². The van der Waals surface area contributed by atoms with Crippen molar-refractivity contribution in [3.63, 3.8) is 0 Å². The molecule has 0 fully saturated rings. The van der Waals surface area contributed by atoms with Gasteiger partial charge in [0.05, 0.1) is 6.61 Å². The summed E-state index contributed by atoms with van der Waals surface area (Å²) in [7, 11) is 0. The monoisotopic (exact) mass is 275 g/mol. The average Bonchev–Trinajstić information content (AvgIpc) is 2.91. The molecule has 1 aliphatic heterocycles. The number of esters is 1. The summed E-state index contributed by atoms with van der Waals surface area (Å²) < 4.78 is 5.51. The second-order valence-electron chi connectivity index (χ2n) is 5.60. The Kier molecular flexibility index (Phi) is 5.45. The van der Waals surface area contributed by atoms with Crippen molar-refractivity contribution in [1.82, 2.24) is 0 Å². The maximum absolute atomic E-state index is 12.1. The van der Waals surface area contributed by atoms with Gasteiger partial charge in [-0.15, -0.1) is 0 Å². The molecule has 110 valence electrons. The van der Waals surface area contributed by atoms with Crippen LogP contribution in [-0.4, -0.2) is 18.6 Å². The third-order valence-electron chi connectivity index (χ3n) is 4.06. The van der Waals surface area contributed by atoms with Crippen LogP contribution in [0.1, 0.15) is 45.1 Å². The number of unbranched alkanes of at least 4 members (excludes halogenated alkanes) is 1. The first-order chi connectivity index (χ1) is 9.74. The van der Waals surface area contributed by atoms with E-state index >= 15 is 0 Å². The number of carbonyl (C=O) groups is 1. The van der Waals surface area contributed by atoms with E-state index in [1.54, 1.807) is 0 Å². The molecular formula is C17H25NO2. The molecule has 3 heteroatoms. The number of fused-ring (bicyclic) bond motifs is 1. The Bertz CT molecular complexity index is 419. The van der Waals surface area contributed by atoms with Crippen molar-refractivity contribution in [2.45, 2.75) is 52.0 Å². The van der Waals surface area contributed by atoms with E-state index < -0.39 is 0 Å². The summed E-state index contributed by atoms with van der Waals surface area (Å²) in [5.74, 6) is 0.388. The van der Waals surface area contributed by atoms with Gasteiger partial charge >= 0.3 is 5.97 Å². The SMILES string of the molecule is CCCCC(CC)COC(=O)[C@@H]1Cc2ccccc2N1. The van der Waals surface area contributed by atoms with Gasteiger partial charge in [0.25, 0.3) is 0 Å². The predicted octanol–water partition coefficient (Wildman–Crippen LogP) is 3.78. The molecule has 20 heavy (non-hydrogen) atoms. The largest absolute Gasteiger partial charge is 0.464 e. The van der Waals surface area contributed by atoms with Gasteiger partial charge in [0.1, 0.15) is 6.04 Å². The smallest absolute Gasteiger partial charge is 0.328 e. The van der Waals surface area contributed by atoms with Gasteiger partial charge in [-0.05, 0) is 24.0 Å². The number of carbonyl (C=O) groups excluding carboxylic acids is 1.